The van der Waals surface area contributed by atoms with E-state index in [1.807, 2.05) is 58.7 Å². The van der Waals surface area contributed by atoms with Crippen molar-refractivity contribution in [2.75, 3.05) is 17.7 Å². The van der Waals surface area contributed by atoms with E-state index in [9.17, 15) is 9.59 Å². The average Bonchev–Trinajstić information content (AvgIpc) is 2.77. The lowest BCUT2D eigenvalue weighted by atomic mass is 9.87. The molecule has 0 aliphatic carbocycles. The van der Waals surface area contributed by atoms with Gasteiger partial charge in [-0.2, -0.15) is 4.98 Å². The number of ketones is 1. The molecule has 2 aromatic heterocycles. The molecule has 1 atom stereocenters. The Labute approximate surface area is 200 Å². The Kier molecular flexibility index (Phi) is 7.44. The summed E-state index contributed by atoms with van der Waals surface area (Å²) in [6.07, 6.45) is 2.75. The molecule has 180 valence electrons. The maximum atomic E-state index is 12.6. The number of amides is 1. The quantitative estimate of drug-likeness (QED) is 0.520. The summed E-state index contributed by atoms with van der Waals surface area (Å²) in [6, 6.07) is 7.29. The van der Waals surface area contributed by atoms with Gasteiger partial charge in [-0.15, -0.1) is 0 Å². The number of nitrogens with zero attached hydrogens (tertiary/aromatic N) is 5. The molecule has 1 amide bonds. The first-order valence-electron chi connectivity index (χ1n) is 11.3. The van der Waals surface area contributed by atoms with E-state index in [0.717, 1.165) is 11.4 Å². The van der Waals surface area contributed by atoms with Crippen LogP contribution in [0.25, 0.3) is 11.2 Å². The van der Waals surface area contributed by atoms with E-state index in [2.05, 4.69) is 25.3 Å². The largest absolute Gasteiger partial charge is 0.369 e. The Bertz CT molecular complexity index is 1190. The lowest BCUT2D eigenvalue weighted by Gasteiger charge is -2.20. The molecule has 1 aromatic carbocycles. The molecular formula is C25H33N7O2. The van der Waals surface area contributed by atoms with Crippen molar-refractivity contribution in [2.45, 2.75) is 60.0 Å². The first-order valence-corrected chi connectivity index (χ1v) is 11.3. The van der Waals surface area contributed by atoms with Gasteiger partial charge in [-0.25, -0.2) is 15.0 Å². The van der Waals surface area contributed by atoms with E-state index in [1.165, 1.54) is 0 Å². The van der Waals surface area contributed by atoms with Crippen molar-refractivity contribution in [3.05, 3.63) is 47.4 Å². The predicted octanol–water partition coefficient (Wildman–Crippen LogP) is 3.46. The Morgan fingerprint density at radius 2 is 1.79 bits per heavy atom. The van der Waals surface area contributed by atoms with Crippen LogP contribution in [0.1, 0.15) is 62.3 Å². The van der Waals surface area contributed by atoms with Gasteiger partial charge in [0.05, 0.1) is 24.1 Å². The first kappa shape index (κ1) is 25.0. The number of Topliss-reactive ketones (excluding diaryl/α,β-unsaturated/α-hetero) is 1. The highest BCUT2D eigenvalue weighted by molar-refractivity contribution is 5.94. The van der Waals surface area contributed by atoms with Crippen molar-refractivity contribution in [2.24, 2.45) is 5.41 Å². The van der Waals surface area contributed by atoms with E-state index in [1.54, 1.807) is 18.3 Å². The van der Waals surface area contributed by atoms with Gasteiger partial charge < -0.3 is 16.0 Å². The van der Waals surface area contributed by atoms with E-state index >= 15 is 0 Å². The van der Waals surface area contributed by atoms with Crippen LogP contribution in [0.15, 0.2) is 30.5 Å². The van der Waals surface area contributed by atoms with Crippen molar-refractivity contribution >= 4 is 34.5 Å². The summed E-state index contributed by atoms with van der Waals surface area (Å²) in [4.78, 5) is 44.0. The second-order valence-electron chi connectivity index (χ2n) is 9.69. The van der Waals surface area contributed by atoms with E-state index in [4.69, 9.17) is 5.73 Å². The number of nitrogens with two attached hydrogens (primary N) is 1. The number of aromatic nitrogens is 4. The van der Waals surface area contributed by atoms with E-state index < -0.39 is 0 Å². The standard InChI is InChI=1S/C25H33N7O2/c1-15(7-12-20(33)25(3,4)5)28-23(34)17-8-10-19(11-9-17)32(6)14-18-13-27-22-21(30-18)16(2)29-24(26)31-22/h8-11,13,15H,7,12,14H2,1-6H3,(H,28,34)(H2,26,27,29,31)/t15-/m1/s1. The summed E-state index contributed by atoms with van der Waals surface area (Å²) >= 11 is 0. The molecule has 0 spiro atoms. The maximum absolute atomic E-state index is 12.6. The van der Waals surface area contributed by atoms with Gasteiger partial charge in [0.25, 0.3) is 5.91 Å². The van der Waals surface area contributed by atoms with Crippen molar-refractivity contribution in [1.29, 1.82) is 0 Å². The highest BCUT2D eigenvalue weighted by Gasteiger charge is 2.21. The molecule has 0 fully saturated rings. The maximum Gasteiger partial charge on any atom is 0.251 e. The number of nitrogens with one attached hydrogen (secondary N) is 1. The minimum Gasteiger partial charge on any atom is -0.369 e. The third-order valence-corrected chi connectivity index (χ3v) is 5.64. The Morgan fingerprint density at radius 1 is 1.12 bits per heavy atom. The summed E-state index contributed by atoms with van der Waals surface area (Å²) in [6.45, 7) is 10.0. The Morgan fingerprint density at radius 3 is 2.44 bits per heavy atom. The second-order valence-corrected chi connectivity index (χ2v) is 9.69. The molecule has 9 nitrogen and oxygen atoms in total. The summed E-state index contributed by atoms with van der Waals surface area (Å²) < 4.78 is 0. The van der Waals surface area contributed by atoms with Crippen molar-refractivity contribution < 1.29 is 9.59 Å². The van der Waals surface area contributed by atoms with Gasteiger partial charge in [0, 0.05) is 36.2 Å². The van der Waals surface area contributed by atoms with Gasteiger partial charge in [0.15, 0.2) is 5.65 Å². The summed E-state index contributed by atoms with van der Waals surface area (Å²) in [5.41, 5.74) is 9.40. The van der Waals surface area contributed by atoms with Crippen LogP contribution in [0.3, 0.4) is 0 Å². The lowest BCUT2D eigenvalue weighted by molar-refractivity contribution is -0.126. The van der Waals surface area contributed by atoms with Crippen LogP contribution in [0.2, 0.25) is 0 Å². The second kappa shape index (κ2) is 10.1. The molecule has 3 rings (SSSR count). The van der Waals surface area contributed by atoms with Crippen LogP contribution < -0.4 is 16.0 Å². The Hall–Kier alpha value is -3.62. The van der Waals surface area contributed by atoms with E-state index in [-0.39, 0.29) is 29.1 Å². The van der Waals surface area contributed by atoms with Crippen LogP contribution in [0.5, 0.6) is 0 Å². The zero-order valence-electron chi connectivity index (χ0n) is 20.7. The normalized spacial score (nSPS) is 12.4. The van der Waals surface area contributed by atoms with E-state index in [0.29, 0.717) is 41.8 Å². The van der Waals surface area contributed by atoms with Crippen LogP contribution in [-0.4, -0.2) is 44.7 Å². The van der Waals surface area contributed by atoms with Crippen LogP contribution in [0.4, 0.5) is 11.6 Å². The number of hydrogen-bond donors (Lipinski definition) is 2. The lowest BCUT2D eigenvalue weighted by Crippen LogP contribution is -2.33. The molecule has 9 heteroatoms. The molecule has 3 aromatic rings. The number of hydrogen-bond acceptors (Lipinski definition) is 8. The number of rotatable bonds is 8. The summed E-state index contributed by atoms with van der Waals surface area (Å²) in [7, 11) is 1.95. The van der Waals surface area contributed by atoms with Gasteiger partial charge in [-0.1, -0.05) is 20.8 Å². The van der Waals surface area contributed by atoms with Gasteiger partial charge in [0.2, 0.25) is 5.95 Å². The molecule has 3 N–H and O–H groups in total. The smallest absolute Gasteiger partial charge is 0.251 e. The average molecular weight is 464 g/mol. The van der Waals surface area contributed by atoms with Gasteiger partial charge in [-0.3, -0.25) is 9.59 Å². The highest BCUT2D eigenvalue weighted by atomic mass is 16.1. The molecule has 2 heterocycles. The number of anilines is 2. The fourth-order valence-corrected chi connectivity index (χ4v) is 3.48. The van der Waals surface area contributed by atoms with Gasteiger partial charge >= 0.3 is 0 Å². The third kappa shape index (κ3) is 6.24. The van der Waals surface area contributed by atoms with Crippen molar-refractivity contribution in [3.63, 3.8) is 0 Å². The fraction of sp³-hybridized carbons (Fsp3) is 0.440. The number of aryl methyl sites for hydroxylation is 1. The van der Waals surface area contributed by atoms with Crippen LogP contribution in [0, 0.1) is 12.3 Å². The topological polar surface area (TPSA) is 127 Å². The third-order valence-electron chi connectivity index (χ3n) is 5.64. The minimum absolute atomic E-state index is 0.0876. The number of carbonyl (C=O) groups is 2. The SMILES string of the molecule is Cc1nc(N)nc2ncc(CN(C)c3ccc(C(=O)N[C@H](C)CCC(=O)C(C)(C)C)cc3)nc12. The van der Waals surface area contributed by atoms with Crippen LogP contribution in [-0.2, 0) is 11.3 Å². The molecule has 0 aliphatic rings. The predicted molar refractivity (Wildman–Crippen MR) is 133 cm³/mol. The molecule has 34 heavy (non-hydrogen) atoms. The molecule has 0 radical (unpaired) electrons. The monoisotopic (exact) mass is 463 g/mol. The molecule has 0 saturated carbocycles. The molecular weight excluding hydrogens is 430 g/mol. The summed E-state index contributed by atoms with van der Waals surface area (Å²) in [5, 5.41) is 2.97. The number of carbonyl (C=O) groups excluding carboxylic acids is 2. The van der Waals surface area contributed by atoms with Crippen molar-refractivity contribution in [3.8, 4) is 0 Å². The zero-order valence-corrected chi connectivity index (χ0v) is 20.7. The first-order chi connectivity index (χ1) is 15.9. The number of nitrogen functional groups attached to an aromatic ring is 1. The van der Waals surface area contributed by atoms with Gasteiger partial charge in [-0.05, 0) is 44.5 Å². The number of fused-ring (bicyclic) bond motifs is 1. The molecule has 0 aliphatic heterocycles. The fourth-order valence-electron chi connectivity index (χ4n) is 3.48. The van der Waals surface area contributed by atoms with Crippen molar-refractivity contribution in [1.82, 2.24) is 25.3 Å². The Balaban J connectivity index is 1.59. The van der Waals surface area contributed by atoms with Crippen LogP contribution >= 0.6 is 0 Å². The molecule has 0 unspecified atom stereocenters. The highest BCUT2D eigenvalue weighted by Crippen LogP contribution is 2.20. The van der Waals surface area contributed by atoms with Gasteiger partial charge in [0.1, 0.15) is 11.3 Å². The zero-order chi connectivity index (χ0) is 25.0. The number of benzene rings is 1. The molecule has 0 saturated heterocycles. The minimum atomic E-state index is -0.357. The summed E-state index contributed by atoms with van der Waals surface area (Å²) in [5.74, 6) is 0.227. The molecule has 0 bridgehead atoms.